The minimum Gasteiger partial charge on any atom is -0.328 e. The van der Waals surface area contributed by atoms with E-state index < -0.39 is 11.0 Å². The fourth-order valence-electron chi connectivity index (χ4n) is 3.69. The average Bonchev–Trinajstić information content (AvgIpc) is 2.92. The first kappa shape index (κ1) is 15.5. The van der Waals surface area contributed by atoms with Gasteiger partial charge in [0.1, 0.15) is 11.9 Å². The summed E-state index contributed by atoms with van der Waals surface area (Å²) >= 11 is 0. The van der Waals surface area contributed by atoms with E-state index in [1.807, 2.05) is 6.92 Å². The highest BCUT2D eigenvalue weighted by Gasteiger charge is 2.40. The molecule has 2 atom stereocenters. The van der Waals surface area contributed by atoms with Crippen LogP contribution >= 0.6 is 0 Å². The molecule has 1 N–H and O–H groups in total. The van der Waals surface area contributed by atoms with Gasteiger partial charge in [-0.15, -0.1) is 0 Å². The van der Waals surface area contributed by atoms with Gasteiger partial charge in [-0.1, -0.05) is 19.1 Å². The van der Waals surface area contributed by atoms with Crippen molar-refractivity contribution in [3.8, 4) is 0 Å². The lowest BCUT2D eigenvalue weighted by molar-refractivity contribution is -0.385. The normalized spacial score (nSPS) is 22.2. The predicted octanol–water partition coefficient (Wildman–Crippen LogP) is 2.76. The molecule has 8 nitrogen and oxygen atoms in total. The predicted molar refractivity (Wildman–Crippen MR) is 90.0 cm³/mol. The number of rotatable bonds is 2. The number of Topliss-reactive ketones (excluding diaryl/α,β-unsaturated/α-hetero) is 1. The molecule has 1 aliphatic heterocycles. The van der Waals surface area contributed by atoms with Crippen LogP contribution in [0.5, 0.6) is 0 Å². The van der Waals surface area contributed by atoms with Gasteiger partial charge in [-0.05, 0) is 25.3 Å². The molecule has 1 aliphatic carbocycles. The van der Waals surface area contributed by atoms with Crippen LogP contribution in [0.2, 0.25) is 0 Å². The summed E-state index contributed by atoms with van der Waals surface area (Å²) in [6.45, 7) is 3.78. The highest BCUT2D eigenvalue weighted by molar-refractivity contribution is 5.99. The SMILES string of the molecule is Cc1nc2n(n1)[C@H](c1ccccc1[N+](=O)[O-])C1=C(C[C@@H](C)CC1=O)N2. The summed E-state index contributed by atoms with van der Waals surface area (Å²) < 4.78 is 1.59. The van der Waals surface area contributed by atoms with E-state index >= 15 is 0 Å². The molecule has 25 heavy (non-hydrogen) atoms. The number of fused-ring (bicyclic) bond motifs is 1. The third-order valence-electron chi connectivity index (χ3n) is 4.66. The molecule has 1 aromatic carbocycles. The number of aromatic nitrogens is 3. The third kappa shape index (κ3) is 2.41. The van der Waals surface area contributed by atoms with Gasteiger partial charge in [-0.25, -0.2) is 4.68 Å². The molecule has 2 heterocycles. The van der Waals surface area contributed by atoms with Crippen molar-refractivity contribution < 1.29 is 9.72 Å². The van der Waals surface area contributed by atoms with Gasteiger partial charge >= 0.3 is 0 Å². The number of aryl methyl sites for hydroxylation is 1. The van der Waals surface area contributed by atoms with Gasteiger partial charge < -0.3 is 5.32 Å². The number of nitrogens with zero attached hydrogens (tertiary/aromatic N) is 4. The number of benzene rings is 1. The van der Waals surface area contributed by atoms with Gasteiger partial charge in [0.15, 0.2) is 5.78 Å². The summed E-state index contributed by atoms with van der Waals surface area (Å²) in [7, 11) is 0. The van der Waals surface area contributed by atoms with Crippen molar-refractivity contribution in [1.29, 1.82) is 0 Å². The number of para-hydroxylation sites is 1. The third-order valence-corrected chi connectivity index (χ3v) is 4.66. The van der Waals surface area contributed by atoms with E-state index in [0.717, 1.165) is 5.70 Å². The van der Waals surface area contributed by atoms with Crippen LogP contribution in [-0.2, 0) is 4.79 Å². The lowest BCUT2D eigenvalue weighted by atomic mass is 9.81. The van der Waals surface area contributed by atoms with Crippen molar-refractivity contribution in [3.05, 3.63) is 57.0 Å². The first-order valence-corrected chi connectivity index (χ1v) is 8.15. The molecule has 0 bridgehead atoms. The minimum atomic E-state index is -0.631. The maximum atomic E-state index is 12.8. The zero-order valence-corrected chi connectivity index (χ0v) is 13.9. The lowest BCUT2D eigenvalue weighted by Gasteiger charge is -2.33. The number of nitrogens with one attached hydrogen (secondary N) is 1. The summed E-state index contributed by atoms with van der Waals surface area (Å²) in [6, 6.07) is 5.87. The number of carbonyl (C=O) groups excluding carboxylic acids is 1. The van der Waals surface area contributed by atoms with E-state index in [0.29, 0.717) is 35.8 Å². The zero-order chi connectivity index (χ0) is 17.7. The number of nitro benzene ring substituents is 1. The van der Waals surface area contributed by atoms with Crippen molar-refractivity contribution in [2.24, 2.45) is 5.92 Å². The Morgan fingerprint density at radius 3 is 2.84 bits per heavy atom. The highest BCUT2D eigenvalue weighted by atomic mass is 16.6. The Morgan fingerprint density at radius 1 is 1.32 bits per heavy atom. The number of anilines is 1. The Morgan fingerprint density at radius 2 is 2.08 bits per heavy atom. The molecule has 4 rings (SSSR count). The molecular weight excluding hydrogens is 322 g/mol. The fraction of sp³-hybridized carbons (Fsp3) is 0.353. The van der Waals surface area contributed by atoms with Crippen molar-refractivity contribution in [3.63, 3.8) is 0 Å². The van der Waals surface area contributed by atoms with Crippen LogP contribution in [0.25, 0.3) is 0 Å². The van der Waals surface area contributed by atoms with Crippen LogP contribution in [0.4, 0.5) is 11.6 Å². The average molecular weight is 339 g/mol. The topological polar surface area (TPSA) is 103 Å². The number of hydrogen-bond donors (Lipinski definition) is 1. The van der Waals surface area contributed by atoms with E-state index in [4.69, 9.17) is 0 Å². The molecular formula is C17H17N5O3. The van der Waals surface area contributed by atoms with Gasteiger partial charge in [0, 0.05) is 23.8 Å². The van der Waals surface area contributed by atoms with Gasteiger partial charge in [0.05, 0.1) is 10.5 Å². The Hall–Kier alpha value is -3.03. The van der Waals surface area contributed by atoms with E-state index in [1.165, 1.54) is 6.07 Å². The highest BCUT2D eigenvalue weighted by Crippen LogP contribution is 2.43. The number of allylic oxidation sites excluding steroid dienone is 2. The molecule has 0 saturated heterocycles. The van der Waals surface area contributed by atoms with E-state index in [2.05, 4.69) is 15.4 Å². The summed E-state index contributed by atoms with van der Waals surface area (Å²) in [6.07, 6.45) is 1.14. The second kappa shape index (κ2) is 5.51. The van der Waals surface area contributed by atoms with Crippen molar-refractivity contribution in [2.75, 3.05) is 5.32 Å². The summed E-state index contributed by atoms with van der Waals surface area (Å²) in [5.41, 5.74) is 1.79. The smallest absolute Gasteiger partial charge is 0.275 e. The molecule has 0 spiro atoms. The zero-order valence-electron chi connectivity index (χ0n) is 13.9. The van der Waals surface area contributed by atoms with Crippen LogP contribution in [0.3, 0.4) is 0 Å². The molecule has 0 saturated carbocycles. The summed E-state index contributed by atoms with van der Waals surface area (Å²) in [4.78, 5) is 28.3. The quantitative estimate of drug-likeness (QED) is 0.666. The van der Waals surface area contributed by atoms with Crippen LogP contribution in [0, 0.1) is 23.0 Å². The molecule has 0 radical (unpaired) electrons. The van der Waals surface area contributed by atoms with Crippen molar-refractivity contribution in [2.45, 2.75) is 32.7 Å². The fourth-order valence-corrected chi connectivity index (χ4v) is 3.69. The number of ketones is 1. The van der Waals surface area contributed by atoms with Crippen molar-refractivity contribution >= 4 is 17.4 Å². The number of hydrogen-bond acceptors (Lipinski definition) is 6. The molecule has 0 amide bonds. The second-order valence-electron chi connectivity index (χ2n) is 6.60. The molecule has 8 heteroatoms. The maximum absolute atomic E-state index is 12.8. The molecule has 0 unspecified atom stereocenters. The molecule has 2 aromatic rings. The second-order valence-corrected chi connectivity index (χ2v) is 6.60. The van der Waals surface area contributed by atoms with E-state index in [1.54, 1.807) is 29.8 Å². The van der Waals surface area contributed by atoms with Crippen molar-refractivity contribution in [1.82, 2.24) is 14.8 Å². The first-order valence-electron chi connectivity index (χ1n) is 8.15. The molecule has 2 aliphatic rings. The van der Waals surface area contributed by atoms with Crippen LogP contribution < -0.4 is 5.32 Å². The molecule has 0 fully saturated rings. The Kier molecular flexibility index (Phi) is 3.41. The van der Waals surface area contributed by atoms with Crippen LogP contribution in [-0.4, -0.2) is 25.5 Å². The number of carbonyl (C=O) groups is 1. The monoisotopic (exact) mass is 339 g/mol. The lowest BCUT2D eigenvalue weighted by Crippen LogP contribution is -2.33. The Bertz CT molecular complexity index is 930. The van der Waals surface area contributed by atoms with Gasteiger partial charge in [-0.2, -0.15) is 10.1 Å². The minimum absolute atomic E-state index is 0.00297. The first-order chi connectivity index (χ1) is 12.0. The Balaban J connectivity index is 1.97. The standard InChI is InChI=1S/C17H17N5O3/c1-9-7-12-15(14(23)8-9)16(21-17(19-12)18-10(2)20-21)11-5-3-4-6-13(11)22(24)25/h3-6,9,16H,7-8H2,1-2H3,(H,18,19,20)/t9-,16-/m1/s1. The van der Waals surface area contributed by atoms with E-state index in [9.17, 15) is 14.9 Å². The van der Waals surface area contributed by atoms with E-state index in [-0.39, 0.29) is 17.4 Å². The van der Waals surface area contributed by atoms with Crippen LogP contribution in [0.1, 0.15) is 37.2 Å². The largest absolute Gasteiger partial charge is 0.328 e. The maximum Gasteiger partial charge on any atom is 0.275 e. The van der Waals surface area contributed by atoms with Gasteiger partial charge in [-0.3, -0.25) is 14.9 Å². The van der Waals surface area contributed by atoms with Crippen LogP contribution in [0.15, 0.2) is 35.5 Å². The van der Waals surface area contributed by atoms with Gasteiger partial charge in [0.25, 0.3) is 5.69 Å². The summed E-state index contributed by atoms with van der Waals surface area (Å²) in [5, 5.41) is 19.1. The Labute approximate surface area is 143 Å². The van der Waals surface area contributed by atoms with Gasteiger partial charge in [0.2, 0.25) is 5.95 Å². The summed E-state index contributed by atoms with van der Waals surface area (Å²) in [5.74, 6) is 1.29. The number of nitro groups is 1. The molecule has 1 aromatic heterocycles. The molecule has 128 valence electrons.